The van der Waals surface area contributed by atoms with E-state index in [0.29, 0.717) is 42.6 Å². The Labute approximate surface area is 178 Å². The summed E-state index contributed by atoms with van der Waals surface area (Å²) in [4.78, 5) is 21.7. The van der Waals surface area contributed by atoms with Crippen molar-refractivity contribution in [2.75, 3.05) is 23.3 Å². The van der Waals surface area contributed by atoms with E-state index in [4.69, 9.17) is 16.3 Å². The fourth-order valence-corrected chi connectivity index (χ4v) is 3.34. The Kier molecular flexibility index (Phi) is 6.57. The average Bonchev–Trinajstić information content (AvgIpc) is 2.70. The van der Waals surface area contributed by atoms with E-state index in [1.807, 2.05) is 18.7 Å². The van der Waals surface area contributed by atoms with Crippen molar-refractivity contribution in [2.24, 2.45) is 0 Å². The van der Waals surface area contributed by atoms with Crippen LogP contribution in [0.4, 0.5) is 16.0 Å². The van der Waals surface area contributed by atoms with Gasteiger partial charge in [-0.1, -0.05) is 11.6 Å². The van der Waals surface area contributed by atoms with Crippen LogP contribution in [0.2, 0.25) is 5.02 Å². The van der Waals surface area contributed by atoms with Gasteiger partial charge in [0.05, 0.1) is 0 Å². The van der Waals surface area contributed by atoms with Gasteiger partial charge in [0.15, 0.2) is 34.6 Å². The van der Waals surface area contributed by atoms with Crippen molar-refractivity contribution in [1.82, 2.24) is 9.97 Å². The lowest BCUT2D eigenvalue weighted by Gasteiger charge is -2.34. The van der Waals surface area contributed by atoms with Crippen LogP contribution in [-0.2, 0) is 0 Å². The van der Waals surface area contributed by atoms with Crippen LogP contribution >= 0.6 is 11.6 Å². The van der Waals surface area contributed by atoms with Crippen LogP contribution in [-0.4, -0.2) is 46.3 Å². The summed E-state index contributed by atoms with van der Waals surface area (Å²) in [7, 11) is 0. The number of hydrogen-bond acceptors (Lipinski definition) is 7. The Balaban J connectivity index is 1.78. The highest BCUT2D eigenvalue weighted by atomic mass is 35.5. The summed E-state index contributed by atoms with van der Waals surface area (Å²) in [6.45, 7) is 4.84. The lowest BCUT2D eigenvalue weighted by molar-refractivity contribution is 0.0689. The Morgan fingerprint density at radius 1 is 1.40 bits per heavy atom. The number of carboxylic acids is 1. The molecule has 0 spiro atoms. The number of carbonyl (C=O) groups is 1. The van der Waals surface area contributed by atoms with Crippen molar-refractivity contribution < 1.29 is 19.0 Å². The van der Waals surface area contributed by atoms with E-state index in [1.165, 1.54) is 12.1 Å². The molecule has 8 nitrogen and oxygen atoms in total. The van der Waals surface area contributed by atoms with Crippen molar-refractivity contribution in [3.05, 3.63) is 40.4 Å². The second-order valence-corrected chi connectivity index (χ2v) is 7.62. The van der Waals surface area contributed by atoms with Gasteiger partial charge in [0, 0.05) is 37.0 Å². The molecule has 2 N–H and O–H groups in total. The van der Waals surface area contributed by atoms with Gasteiger partial charge in [-0.15, -0.1) is 0 Å². The zero-order valence-corrected chi connectivity index (χ0v) is 17.3. The molecule has 2 aromatic rings. The van der Waals surface area contributed by atoms with Gasteiger partial charge in [0.25, 0.3) is 0 Å². The third kappa shape index (κ3) is 4.89. The highest BCUT2D eigenvalue weighted by Gasteiger charge is 2.27. The van der Waals surface area contributed by atoms with E-state index >= 15 is 0 Å². The number of halogens is 2. The molecule has 0 radical (unpaired) electrons. The number of hydrogen-bond donors (Lipinski definition) is 2. The van der Waals surface area contributed by atoms with Gasteiger partial charge in [0.2, 0.25) is 0 Å². The number of nitrogens with one attached hydrogen (secondary N) is 1. The van der Waals surface area contributed by atoms with Crippen LogP contribution in [0.5, 0.6) is 5.75 Å². The molecule has 10 heteroatoms. The number of nitrogens with zero attached hydrogens (tertiary/aromatic N) is 4. The zero-order chi connectivity index (χ0) is 21.8. The SMILES string of the molecule is CC(C)Nc1nc(C(=O)O)c(C#N)nc1N1CCC(Oc2ccc(Cl)cc2F)CC1. The Bertz CT molecular complexity index is 987. The molecule has 0 bridgehead atoms. The number of aromatic carboxylic acids is 1. The van der Waals surface area contributed by atoms with E-state index in [9.17, 15) is 19.6 Å². The molecule has 2 heterocycles. The summed E-state index contributed by atoms with van der Waals surface area (Å²) < 4.78 is 19.8. The van der Waals surface area contributed by atoms with Crippen LogP contribution in [0.3, 0.4) is 0 Å². The topological polar surface area (TPSA) is 111 Å². The van der Waals surface area contributed by atoms with Crippen LogP contribution in [0.15, 0.2) is 18.2 Å². The molecule has 158 valence electrons. The van der Waals surface area contributed by atoms with E-state index in [2.05, 4.69) is 15.3 Å². The quantitative estimate of drug-likeness (QED) is 0.709. The monoisotopic (exact) mass is 433 g/mol. The Morgan fingerprint density at radius 2 is 2.10 bits per heavy atom. The second-order valence-electron chi connectivity index (χ2n) is 7.19. The molecule has 0 atom stereocenters. The summed E-state index contributed by atoms with van der Waals surface area (Å²) >= 11 is 5.77. The lowest BCUT2D eigenvalue weighted by atomic mass is 10.1. The molecule has 1 aromatic carbocycles. The highest BCUT2D eigenvalue weighted by Crippen LogP contribution is 2.29. The number of ether oxygens (including phenoxy) is 1. The van der Waals surface area contributed by atoms with Gasteiger partial charge in [-0.2, -0.15) is 5.26 Å². The molecule has 0 aliphatic carbocycles. The predicted molar refractivity (Wildman–Crippen MR) is 110 cm³/mol. The van der Waals surface area contributed by atoms with Gasteiger partial charge >= 0.3 is 5.97 Å². The molecule has 30 heavy (non-hydrogen) atoms. The molecule has 0 unspecified atom stereocenters. The number of piperidine rings is 1. The third-order valence-electron chi connectivity index (χ3n) is 4.54. The number of rotatable bonds is 6. The first-order valence-corrected chi connectivity index (χ1v) is 9.85. The molecule has 1 saturated heterocycles. The van der Waals surface area contributed by atoms with E-state index < -0.39 is 11.8 Å². The van der Waals surface area contributed by atoms with Crippen LogP contribution < -0.4 is 15.0 Å². The Hall–Kier alpha value is -3.12. The lowest BCUT2D eigenvalue weighted by Crippen LogP contribution is -2.39. The van der Waals surface area contributed by atoms with Crippen molar-refractivity contribution in [1.29, 1.82) is 5.26 Å². The van der Waals surface area contributed by atoms with Crippen LogP contribution in [0.25, 0.3) is 0 Å². The summed E-state index contributed by atoms with van der Waals surface area (Å²) in [5.41, 5.74) is -0.630. The minimum atomic E-state index is -1.31. The number of nitriles is 1. The molecule has 1 aliphatic heterocycles. The fourth-order valence-electron chi connectivity index (χ4n) is 3.18. The van der Waals surface area contributed by atoms with Crippen LogP contribution in [0.1, 0.15) is 42.9 Å². The van der Waals surface area contributed by atoms with Gasteiger partial charge in [0.1, 0.15) is 12.2 Å². The first kappa shape index (κ1) is 21.6. The van der Waals surface area contributed by atoms with Gasteiger partial charge in [-0.25, -0.2) is 19.2 Å². The van der Waals surface area contributed by atoms with Crippen molar-refractivity contribution in [3.8, 4) is 11.8 Å². The van der Waals surface area contributed by atoms with Gasteiger partial charge in [-0.3, -0.25) is 0 Å². The first-order valence-electron chi connectivity index (χ1n) is 9.47. The molecular formula is C20H21ClFN5O3. The minimum absolute atomic E-state index is 0.0126. The zero-order valence-electron chi connectivity index (χ0n) is 16.5. The van der Waals surface area contributed by atoms with Gasteiger partial charge in [-0.05, 0) is 32.0 Å². The van der Waals surface area contributed by atoms with Gasteiger partial charge < -0.3 is 20.1 Å². The third-order valence-corrected chi connectivity index (χ3v) is 4.78. The smallest absolute Gasteiger partial charge is 0.357 e. The standard InChI is InChI=1S/C20H21ClFN5O3/c1-11(2)24-18-19(25-15(10-23)17(26-18)20(28)29)27-7-5-13(6-8-27)30-16-4-3-12(21)9-14(16)22/h3-4,9,11,13H,5-8H2,1-2H3,(H,24,26)(H,28,29). The van der Waals surface area contributed by atoms with Crippen LogP contribution in [0, 0.1) is 17.1 Å². The highest BCUT2D eigenvalue weighted by molar-refractivity contribution is 6.30. The minimum Gasteiger partial charge on any atom is -0.487 e. The molecular weight excluding hydrogens is 413 g/mol. The predicted octanol–water partition coefficient (Wildman–Crippen LogP) is 3.71. The largest absolute Gasteiger partial charge is 0.487 e. The molecule has 0 amide bonds. The number of carboxylic acid groups (broad SMARTS) is 1. The number of benzene rings is 1. The number of anilines is 2. The number of aromatic nitrogens is 2. The second kappa shape index (κ2) is 9.13. The van der Waals surface area contributed by atoms with E-state index in [0.717, 1.165) is 0 Å². The summed E-state index contributed by atoms with van der Waals surface area (Å²) in [5, 5.41) is 22.0. The fraction of sp³-hybridized carbons (Fsp3) is 0.400. The first-order chi connectivity index (χ1) is 14.3. The van der Waals surface area contributed by atoms with E-state index in [-0.39, 0.29) is 29.3 Å². The summed E-state index contributed by atoms with van der Waals surface area (Å²) in [6, 6.07) is 6.07. The van der Waals surface area contributed by atoms with Crippen molar-refractivity contribution in [3.63, 3.8) is 0 Å². The molecule has 1 aromatic heterocycles. The van der Waals surface area contributed by atoms with Crippen molar-refractivity contribution >= 4 is 29.2 Å². The maximum atomic E-state index is 14.0. The summed E-state index contributed by atoms with van der Waals surface area (Å²) in [6.07, 6.45) is 0.987. The molecule has 1 aliphatic rings. The average molecular weight is 434 g/mol. The Morgan fingerprint density at radius 3 is 2.67 bits per heavy atom. The molecule has 0 saturated carbocycles. The summed E-state index contributed by atoms with van der Waals surface area (Å²) in [5.74, 6) is -0.945. The maximum Gasteiger partial charge on any atom is 0.357 e. The van der Waals surface area contributed by atoms with E-state index in [1.54, 1.807) is 12.1 Å². The van der Waals surface area contributed by atoms with Crippen molar-refractivity contribution in [2.45, 2.75) is 38.8 Å². The maximum absolute atomic E-state index is 14.0. The normalized spacial score (nSPS) is 14.5. The molecule has 3 rings (SSSR count). The molecule has 1 fully saturated rings.